The van der Waals surface area contributed by atoms with Gasteiger partial charge in [0.2, 0.25) is 0 Å². The summed E-state index contributed by atoms with van der Waals surface area (Å²) in [7, 11) is 0. The van der Waals surface area contributed by atoms with Crippen molar-refractivity contribution >= 4 is 18.3 Å². The number of hydrogen-bond donors (Lipinski definition) is 2. The van der Waals surface area contributed by atoms with Gasteiger partial charge in [-0.05, 0) is 49.6 Å². The van der Waals surface area contributed by atoms with E-state index in [0.717, 1.165) is 25.7 Å². The zero-order chi connectivity index (χ0) is 15.2. The second-order valence-corrected chi connectivity index (χ2v) is 5.26. The summed E-state index contributed by atoms with van der Waals surface area (Å²) in [5.74, 6) is 0.145. The van der Waals surface area contributed by atoms with Crippen LogP contribution in [0.3, 0.4) is 0 Å². The smallest absolute Gasteiger partial charge is 0.387 e. The highest BCUT2D eigenvalue weighted by molar-refractivity contribution is 5.94. The Morgan fingerprint density at radius 3 is 2.50 bits per heavy atom. The fraction of sp³-hybridized carbons (Fsp3) is 0.533. The number of halogens is 3. The Morgan fingerprint density at radius 2 is 1.91 bits per heavy atom. The first-order valence-electron chi connectivity index (χ1n) is 7.16. The van der Waals surface area contributed by atoms with E-state index in [2.05, 4.69) is 10.1 Å². The average molecular weight is 335 g/mol. The molecule has 1 aromatic carbocycles. The molecular formula is C15H21ClF2N2O2. The molecule has 1 aliphatic carbocycles. The standard InChI is InChI=1S/C15H20F2N2O2.ClH/c16-15(17)21-12-7-5-10(6-8-12)14(20)19-13-4-2-1-3-11(13)9-18;/h5-8,11,13,15H,1-4,9,18H2,(H,19,20);1H. The van der Waals surface area contributed by atoms with Crippen LogP contribution in [-0.2, 0) is 0 Å². The molecule has 2 rings (SSSR count). The predicted molar refractivity (Wildman–Crippen MR) is 82.6 cm³/mol. The lowest BCUT2D eigenvalue weighted by molar-refractivity contribution is -0.0498. The van der Waals surface area contributed by atoms with Crippen molar-refractivity contribution in [1.29, 1.82) is 0 Å². The van der Waals surface area contributed by atoms with Crippen LogP contribution in [0.15, 0.2) is 24.3 Å². The van der Waals surface area contributed by atoms with Gasteiger partial charge in [-0.3, -0.25) is 4.79 Å². The van der Waals surface area contributed by atoms with Crippen molar-refractivity contribution in [1.82, 2.24) is 5.32 Å². The molecule has 0 spiro atoms. The molecule has 0 heterocycles. The van der Waals surface area contributed by atoms with Crippen molar-refractivity contribution < 1.29 is 18.3 Å². The van der Waals surface area contributed by atoms with Crippen LogP contribution in [-0.4, -0.2) is 25.1 Å². The molecule has 7 heteroatoms. The number of nitrogens with two attached hydrogens (primary N) is 1. The number of ether oxygens (including phenoxy) is 1. The van der Waals surface area contributed by atoms with Gasteiger partial charge < -0.3 is 15.8 Å². The second-order valence-electron chi connectivity index (χ2n) is 5.26. The summed E-state index contributed by atoms with van der Waals surface area (Å²) in [5, 5.41) is 2.99. The number of nitrogens with one attached hydrogen (secondary N) is 1. The van der Waals surface area contributed by atoms with Crippen LogP contribution < -0.4 is 15.8 Å². The lowest BCUT2D eigenvalue weighted by atomic mass is 9.84. The molecule has 0 bridgehead atoms. The van der Waals surface area contributed by atoms with E-state index in [-0.39, 0.29) is 30.1 Å². The number of alkyl halides is 2. The molecule has 1 amide bonds. The second kappa shape index (κ2) is 8.90. The van der Waals surface area contributed by atoms with Crippen molar-refractivity contribution in [2.45, 2.75) is 38.3 Å². The van der Waals surface area contributed by atoms with Gasteiger partial charge in [0.25, 0.3) is 5.91 Å². The molecule has 2 atom stereocenters. The maximum absolute atomic E-state index is 12.2. The molecule has 0 aromatic heterocycles. The molecule has 1 saturated carbocycles. The van der Waals surface area contributed by atoms with Crippen LogP contribution in [0.2, 0.25) is 0 Å². The highest BCUT2D eigenvalue weighted by Gasteiger charge is 2.25. The van der Waals surface area contributed by atoms with Gasteiger partial charge in [0.05, 0.1) is 0 Å². The lowest BCUT2D eigenvalue weighted by Gasteiger charge is -2.31. The average Bonchev–Trinajstić information content (AvgIpc) is 2.48. The van der Waals surface area contributed by atoms with Gasteiger partial charge in [-0.25, -0.2) is 0 Å². The predicted octanol–water partition coefficient (Wildman–Crippen LogP) is 2.96. The summed E-state index contributed by atoms with van der Waals surface area (Å²) in [6.45, 7) is -2.30. The molecule has 124 valence electrons. The third-order valence-corrected chi connectivity index (χ3v) is 3.87. The summed E-state index contributed by atoms with van der Waals surface area (Å²) in [5.41, 5.74) is 6.16. The van der Waals surface area contributed by atoms with E-state index in [1.54, 1.807) is 0 Å². The third kappa shape index (κ3) is 5.10. The summed E-state index contributed by atoms with van der Waals surface area (Å²) < 4.78 is 28.4. The summed E-state index contributed by atoms with van der Waals surface area (Å²) in [6, 6.07) is 5.78. The molecule has 0 aliphatic heterocycles. The van der Waals surface area contributed by atoms with Gasteiger partial charge in [-0.2, -0.15) is 8.78 Å². The number of carbonyl (C=O) groups excluding carboxylic acids is 1. The van der Waals surface area contributed by atoms with Crippen LogP contribution in [0, 0.1) is 5.92 Å². The quantitative estimate of drug-likeness (QED) is 0.870. The summed E-state index contributed by atoms with van der Waals surface area (Å²) in [4.78, 5) is 12.2. The minimum Gasteiger partial charge on any atom is -0.435 e. The van der Waals surface area contributed by atoms with Gasteiger partial charge in [-0.15, -0.1) is 12.4 Å². The maximum Gasteiger partial charge on any atom is 0.387 e. The fourth-order valence-electron chi connectivity index (χ4n) is 2.72. The number of rotatable bonds is 5. The Hall–Kier alpha value is -1.40. The van der Waals surface area contributed by atoms with Crippen LogP contribution >= 0.6 is 12.4 Å². The molecule has 1 aliphatic rings. The Kier molecular flexibility index (Phi) is 7.55. The minimum atomic E-state index is -2.86. The van der Waals surface area contributed by atoms with Gasteiger partial charge in [0.15, 0.2) is 0 Å². The van der Waals surface area contributed by atoms with E-state index >= 15 is 0 Å². The number of hydrogen-bond acceptors (Lipinski definition) is 3. The molecule has 1 fully saturated rings. The summed E-state index contributed by atoms with van der Waals surface area (Å²) in [6.07, 6.45) is 4.19. The molecule has 3 N–H and O–H groups in total. The van der Waals surface area contributed by atoms with Crippen molar-refractivity contribution in [3.63, 3.8) is 0 Å². The van der Waals surface area contributed by atoms with Crippen molar-refractivity contribution in [3.05, 3.63) is 29.8 Å². The highest BCUT2D eigenvalue weighted by atomic mass is 35.5. The molecule has 22 heavy (non-hydrogen) atoms. The van der Waals surface area contributed by atoms with Crippen molar-refractivity contribution in [2.75, 3.05) is 6.54 Å². The number of benzene rings is 1. The van der Waals surface area contributed by atoms with Crippen LogP contribution in [0.25, 0.3) is 0 Å². The molecule has 0 radical (unpaired) electrons. The maximum atomic E-state index is 12.2. The molecule has 0 saturated heterocycles. The van der Waals surface area contributed by atoms with E-state index in [4.69, 9.17) is 5.73 Å². The lowest BCUT2D eigenvalue weighted by Crippen LogP contribution is -2.44. The van der Waals surface area contributed by atoms with Gasteiger partial charge in [0.1, 0.15) is 5.75 Å². The van der Waals surface area contributed by atoms with Crippen LogP contribution in [0.5, 0.6) is 5.75 Å². The normalized spacial score (nSPS) is 21.1. The monoisotopic (exact) mass is 334 g/mol. The van der Waals surface area contributed by atoms with E-state index < -0.39 is 6.61 Å². The fourth-order valence-corrected chi connectivity index (χ4v) is 2.72. The van der Waals surface area contributed by atoms with E-state index in [0.29, 0.717) is 18.0 Å². The van der Waals surface area contributed by atoms with Crippen LogP contribution in [0.4, 0.5) is 8.78 Å². The summed E-state index contributed by atoms with van der Waals surface area (Å²) >= 11 is 0. The van der Waals surface area contributed by atoms with Gasteiger partial charge in [0, 0.05) is 11.6 Å². The highest BCUT2D eigenvalue weighted by Crippen LogP contribution is 2.24. The van der Waals surface area contributed by atoms with Crippen LogP contribution in [0.1, 0.15) is 36.0 Å². The SMILES string of the molecule is Cl.NCC1CCCCC1NC(=O)c1ccc(OC(F)F)cc1. The van der Waals surface area contributed by atoms with Gasteiger partial charge >= 0.3 is 6.61 Å². The number of carbonyl (C=O) groups is 1. The van der Waals surface area contributed by atoms with E-state index in [1.165, 1.54) is 24.3 Å². The zero-order valence-electron chi connectivity index (χ0n) is 12.1. The molecule has 4 nitrogen and oxygen atoms in total. The third-order valence-electron chi connectivity index (χ3n) is 3.87. The zero-order valence-corrected chi connectivity index (χ0v) is 13.0. The Labute approximate surface area is 134 Å². The van der Waals surface area contributed by atoms with E-state index in [1.807, 2.05) is 0 Å². The molecular weight excluding hydrogens is 314 g/mol. The Balaban J connectivity index is 0.00000242. The molecule has 1 aromatic rings. The first-order chi connectivity index (χ1) is 10.1. The van der Waals surface area contributed by atoms with Gasteiger partial charge in [-0.1, -0.05) is 12.8 Å². The topological polar surface area (TPSA) is 64.3 Å². The van der Waals surface area contributed by atoms with Crippen molar-refractivity contribution in [2.24, 2.45) is 11.7 Å². The largest absolute Gasteiger partial charge is 0.435 e. The first-order valence-corrected chi connectivity index (χ1v) is 7.16. The minimum absolute atomic E-state index is 0. The Morgan fingerprint density at radius 1 is 1.27 bits per heavy atom. The van der Waals surface area contributed by atoms with Crippen molar-refractivity contribution in [3.8, 4) is 5.75 Å². The molecule has 2 unspecified atom stereocenters. The van der Waals surface area contributed by atoms with E-state index in [9.17, 15) is 13.6 Å². The Bertz CT molecular complexity index is 471. The number of amides is 1. The first kappa shape index (κ1) is 18.6.